The summed E-state index contributed by atoms with van der Waals surface area (Å²) in [5.41, 5.74) is 0. The van der Waals surface area contributed by atoms with E-state index < -0.39 is 0 Å². The van der Waals surface area contributed by atoms with Gasteiger partial charge in [-0.25, -0.2) is 0 Å². The SMILES string of the molecule is C=CC.C=CC.CCOC(=O)CC.CCOCC.OCCO. The molecule has 5 heteroatoms. The van der Waals surface area contributed by atoms with E-state index in [1.165, 1.54) is 0 Å². The maximum Gasteiger partial charge on any atom is 0.305 e. The van der Waals surface area contributed by atoms with Crippen LogP contribution in [-0.4, -0.2) is 49.2 Å². The molecule has 0 aromatic heterocycles. The molecule has 22 heavy (non-hydrogen) atoms. The van der Waals surface area contributed by atoms with E-state index in [0.717, 1.165) is 13.2 Å². The van der Waals surface area contributed by atoms with Gasteiger partial charge in [-0.2, -0.15) is 0 Å². The Morgan fingerprint density at radius 3 is 1.27 bits per heavy atom. The second-order valence-corrected chi connectivity index (χ2v) is 3.20. The van der Waals surface area contributed by atoms with E-state index in [9.17, 15) is 4.79 Å². The van der Waals surface area contributed by atoms with Gasteiger partial charge in [-0.05, 0) is 34.6 Å². The Morgan fingerprint density at radius 2 is 1.23 bits per heavy atom. The average Bonchev–Trinajstić information content (AvgIpc) is 2.51. The van der Waals surface area contributed by atoms with E-state index in [4.69, 9.17) is 14.9 Å². The topological polar surface area (TPSA) is 76.0 Å². The van der Waals surface area contributed by atoms with Gasteiger partial charge in [-0.1, -0.05) is 19.1 Å². The second-order valence-electron chi connectivity index (χ2n) is 3.20. The first-order chi connectivity index (χ1) is 10.5. The smallest absolute Gasteiger partial charge is 0.305 e. The van der Waals surface area contributed by atoms with Crippen molar-refractivity contribution in [1.82, 2.24) is 0 Å². The Morgan fingerprint density at radius 1 is 0.909 bits per heavy atom. The molecule has 0 rings (SSSR count). The number of carbonyl (C=O) groups excluding carboxylic acids is 1. The summed E-state index contributed by atoms with van der Waals surface area (Å²) >= 11 is 0. The van der Waals surface area contributed by atoms with Crippen LogP contribution in [0.4, 0.5) is 0 Å². The summed E-state index contributed by atoms with van der Waals surface area (Å²) in [5, 5.41) is 15.2. The molecule has 136 valence electrons. The van der Waals surface area contributed by atoms with Gasteiger partial charge in [-0.15, -0.1) is 13.2 Å². The monoisotopic (exact) mass is 322 g/mol. The Balaban J connectivity index is -0.0000000574. The molecule has 0 atom stereocenters. The molecule has 0 radical (unpaired) electrons. The van der Waals surface area contributed by atoms with Gasteiger partial charge in [-0.3, -0.25) is 4.79 Å². The second kappa shape index (κ2) is 50.2. The molecule has 0 aromatic rings. The van der Waals surface area contributed by atoms with Crippen LogP contribution in [0.1, 0.15) is 48.0 Å². The molecule has 0 saturated carbocycles. The summed E-state index contributed by atoms with van der Waals surface area (Å²) in [7, 11) is 0. The molecule has 0 aliphatic heterocycles. The molecule has 0 aromatic carbocycles. The summed E-state index contributed by atoms with van der Waals surface area (Å²) in [6.45, 7) is 20.0. The van der Waals surface area contributed by atoms with Crippen LogP contribution in [0.25, 0.3) is 0 Å². The minimum atomic E-state index is -0.125. The lowest BCUT2D eigenvalue weighted by Crippen LogP contribution is -2.00. The first kappa shape index (κ1) is 32.7. The summed E-state index contributed by atoms with van der Waals surface area (Å²) in [4.78, 5) is 10.2. The van der Waals surface area contributed by atoms with Crippen LogP contribution in [0, 0.1) is 0 Å². The lowest BCUT2D eigenvalue weighted by molar-refractivity contribution is -0.142. The maximum atomic E-state index is 10.2. The van der Waals surface area contributed by atoms with Crippen molar-refractivity contribution >= 4 is 5.97 Å². The van der Waals surface area contributed by atoms with E-state index in [2.05, 4.69) is 17.9 Å². The van der Waals surface area contributed by atoms with Crippen molar-refractivity contribution < 1.29 is 24.5 Å². The zero-order valence-corrected chi connectivity index (χ0v) is 15.4. The summed E-state index contributed by atoms with van der Waals surface area (Å²) in [6.07, 6.45) is 3.98. The van der Waals surface area contributed by atoms with Crippen LogP contribution >= 0.6 is 0 Å². The van der Waals surface area contributed by atoms with Crippen molar-refractivity contribution in [2.75, 3.05) is 33.0 Å². The highest BCUT2D eigenvalue weighted by Crippen LogP contribution is 1.80. The molecule has 0 spiro atoms. The van der Waals surface area contributed by atoms with Crippen molar-refractivity contribution in [3.8, 4) is 0 Å². The number of esters is 1. The third-order valence-electron chi connectivity index (χ3n) is 1.10. The highest BCUT2D eigenvalue weighted by atomic mass is 16.5. The summed E-state index contributed by atoms with van der Waals surface area (Å²) < 4.78 is 9.39. The molecular formula is C17H38O5. The van der Waals surface area contributed by atoms with Crippen molar-refractivity contribution in [3.63, 3.8) is 0 Å². The van der Waals surface area contributed by atoms with Crippen LogP contribution < -0.4 is 0 Å². The third kappa shape index (κ3) is 128. The minimum absolute atomic E-state index is 0.123. The molecule has 0 aliphatic rings. The fraction of sp³-hybridized carbons (Fsp3) is 0.706. The number of allylic oxidation sites excluding steroid dienone is 2. The first-order valence-corrected chi connectivity index (χ1v) is 7.56. The lowest BCUT2D eigenvalue weighted by atomic mass is 10.5. The number of aliphatic hydroxyl groups is 2. The molecular weight excluding hydrogens is 284 g/mol. The van der Waals surface area contributed by atoms with Gasteiger partial charge in [0.15, 0.2) is 0 Å². The molecule has 0 fully saturated rings. The number of rotatable bonds is 5. The molecule has 0 saturated heterocycles. The van der Waals surface area contributed by atoms with E-state index in [-0.39, 0.29) is 19.2 Å². The zero-order chi connectivity index (χ0) is 18.6. The normalized spacial score (nSPS) is 7.09. The standard InChI is InChI=1S/C5H10O2.C4H10O.2C3H6.C2H6O2/c1-3-5(6)7-4-2;1-3-5-4-2;2*1-3-2;3-1-2-4/h3-4H2,1-2H3;3-4H2,1-2H3;2*3H,1H2,2H3;3-4H,1-2H2. The Kier molecular flexibility index (Phi) is 74.6. The van der Waals surface area contributed by atoms with Crippen LogP contribution in [0.3, 0.4) is 0 Å². The predicted octanol–water partition coefficient (Wildman–Crippen LogP) is 3.36. The van der Waals surface area contributed by atoms with Gasteiger partial charge in [0, 0.05) is 19.6 Å². The fourth-order valence-electron chi connectivity index (χ4n) is 0.467. The van der Waals surface area contributed by atoms with Gasteiger partial charge in [0.2, 0.25) is 0 Å². The zero-order valence-electron chi connectivity index (χ0n) is 15.4. The van der Waals surface area contributed by atoms with Gasteiger partial charge >= 0.3 is 5.97 Å². The van der Waals surface area contributed by atoms with Gasteiger partial charge in [0.25, 0.3) is 0 Å². The van der Waals surface area contributed by atoms with E-state index in [0.29, 0.717) is 13.0 Å². The number of hydrogen-bond acceptors (Lipinski definition) is 5. The van der Waals surface area contributed by atoms with Crippen LogP contribution in [0.2, 0.25) is 0 Å². The highest BCUT2D eigenvalue weighted by Gasteiger charge is 1.91. The van der Waals surface area contributed by atoms with E-state index >= 15 is 0 Å². The van der Waals surface area contributed by atoms with Gasteiger partial charge < -0.3 is 19.7 Å². The van der Waals surface area contributed by atoms with Crippen molar-refractivity contribution in [2.24, 2.45) is 0 Å². The van der Waals surface area contributed by atoms with Crippen molar-refractivity contribution in [1.29, 1.82) is 0 Å². The molecule has 5 nitrogen and oxygen atoms in total. The largest absolute Gasteiger partial charge is 0.466 e. The average molecular weight is 322 g/mol. The Labute approximate surface area is 137 Å². The lowest BCUT2D eigenvalue weighted by Gasteiger charge is -1.93. The fourth-order valence-corrected chi connectivity index (χ4v) is 0.467. The highest BCUT2D eigenvalue weighted by molar-refractivity contribution is 5.68. The van der Waals surface area contributed by atoms with Gasteiger partial charge in [0.05, 0.1) is 19.8 Å². The molecule has 0 unspecified atom stereocenters. The predicted molar refractivity (Wildman–Crippen MR) is 95.0 cm³/mol. The molecule has 0 heterocycles. The molecule has 0 aliphatic carbocycles. The number of hydrogen-bond donors (Lipinski definition) is 2. The minimum Gasteiger partial charge on any atom is -0.466 e. The molecule has 0 amide bonds. The van der Waals surface area contributed by atoms with Crippen LogP contribution in [0.5, 0.6) is 0 Å². The number of aliphatic hydroxyl groups excluding tert-OH is 2. The summed E-state index contributed by atoms with van der Waals surface area (Å²) in [6, 6.07) is 0. The Hall–Kier alpha value is -1.17. The quantitative estimate of drug-likeness (QED) is 0.599. The Bertz CT molecular complexity index is 172. The van der Waals surface area contributed by atoms with Crippen LogP contribution in [0.15, 0.2) is 25.3 Å². The van der Waals surface area contributed by atoms with E-state index in [1.54, 1.807) is 26.0 Å². The molecule has 0 bridgehead atoms. The maximum absolute atomic E-state index is 10.2. The third-order valence-corrected chi connectivity index (χ3v) is 1.10. The number of ether oxygens (including phenoxy) is 2. The van der Waals surface area contributed by atoms with Crippen molar-refractivity contribution in [3.05, 3.63) is 25.3 Å². The van der Waals surface area contributed by atoms with Crippen molar-refractivity contribution in [2.45, 2.75) is 48.0 Å². The first-order valence-electron chi connectivity index (χ1n) is 7.56. The summed E-state index contributed by atoms with van der Waals surface area (Å²) in [5.74, 6) is -0.123. The number of carbonyl (C=O) groups is 1. The molecule has 2 N–H and O–H groups in total. The van der Waals surface area contributed by atoms with Gasteiger partial charge in [0.1, 0.15) is 0 Å². The van der Waals surface area contributed by atoms with E-state index in [1.807, 2.05) is 27.7 Å². The van der Waals surface area contributed by atoms with Crippen LogP contribution in [-0.2, 0) is 14.3 Å².